The summed E-state index contributed by atoms with van der Waals surface area (Å²) in [7, 11) is 1.63. The second-order valence-electron chi connectivity index (χ2n) is 4.63. The van der Waals surface area contributed by atoms with Gasteiger partial charge in [0.05, 0.1) is 26.9 Å². The topological polar surface area (TPSA) is 43.6 Å². The van der Waals surface area contributed by atoms with E-state index in [4.69, 9.17) is 0 Å². The van der Waals surface area contributed by atoms with Gasteiger partial charge in [0.2, 0.25) is 0 Å². The molecule has 0 radical (unpaired) electrons. The largest absolute Gasteiger partial charge is 0.492 e. The number of urea groups is 1. The smallest absolute Gasteiger partial charge is 0.331 e. The Morgan fingerprint density at radius 1 is 1.05 bits per heavy atom. The quantitative estimate of drug-likeness (QED) is 0.556. The molecule has 0 unspecified atom stereocenters. The van der Waals surface area contributed by atoms with E-state index in [-0.39, 0.29) is 11.9 Å². The number of benzene rings is 1. The lowest BCUT2D eigenvalue weighted by atomic mass is 10.2. The minimum absolute atomic E-state index is 0.0238. The van der Waals surface area contributed by atoms with E-state index >= 15 is 0 Å². The third-order valence-electron chi connectivity index (χ3n) is 3.18. The van der Waals surface area contributed by atoms with Gasteiger partial charge >= 0.3 is 6.03 Å². The first kappa shape index (κ1) is 13.3. The van der Waals surface area contributed by atoms with Crippen LogP contribution in [0.4, 0.5) is 4.79 Å². The van der Waals surface area contributed by atoms with Crippen molar-refractivity contribution in [3.8, 4) is 0 Å². The average Bonchev–Trinajstić information content (AvgIpc) is 2.46. The molecule has 0 atom stereocenters. The summed E-state index contributed by atoms with van der Waals surface area (Å²) in [6.07, 6.45) is 0. The van der Waals surface area contributed by atoms with Gasteiger partial charge in [-0.1, -0.05) is 18.2 Å². The number of piperazine rings is 1. The fourth-order valence-electron chi connectivity index (χ4n) is 2.11. The van der Waals surface area contributed by atoms with Crippen LogP contribution < -0.4 is 0 Å². The van der Waals surface area contributed by atoms with Crippen molar-refractivity contribution in [2.24, 2.45) is 0 Å². The molecule has 19 heavy (non-hydrogen) atoms. The van der Waals surface area contributed by atoms with Crippen LogP contribution in [0.25, 0.3) is 0 Å². The fraction of sp³-hybridized carbons (Fsp3) is 0.357. The molecule has 5 heteroatoms. The van der Waals surface area contributed by atoms with Gasteiger partial charge in [-0.25, -0.2) is 9.48 Å². The van der Waals surface area contributed by atoms with E-state index in [1.165, 1.54) is 4.58 Å². The third kappa shape index (κ3) is 2.99. The van der Waals surface area contributed by atoms with Gasteiger partial charge in [-0.2, -0.15) is 4.79 Å². The van der Waals surface area contributed by atoms with Gasteiger partial charge in [-0.15, -0.1) is 0 Å². The predicted octanol–water partition coefficient (Wildman–Crippen LogP) is 0.907. The van der Waals surface area contributed by atoms with Crippen LogP contribution in [-0.4, -0.2) is 66.3 Å². The molecular formula is C14H18N3O2+. The summed E-state index contributed by atoms with van der Waals surface area (Å²) in [5.74, 6) is 0.0238. The Labute approximate surface area is 112 Å². The summed E-state index contributed by atoms with van der Waals surface area (Å²) in [6.45, 7) is 5.81. The molecule has 0 N–H and O–H groups in total. The standard InChI is InChI=1S/C14H18N3O2/c1-15(2)14(19)17-10-8-16(9-11-17)13(18)12-6-4-3-5-7-12/h3-7H,1,8-11H2,2H3/q+1. The minimum atomic E-state index is -0.105. The molecule has 0 spiro atoms. The predicted molar refractivity (Wildman–Crippen MR) is 72.6 cm³/mol. The monoisotopic (exact) mass is 260 g/mol. The molecule has 2 rings (SSSR count). The van der Waals surface area contributed by atoms with Crippen molar-refractivity contribution in [2.45, 2.75) is 0 Å². The van der Waals surface area contributed by atoms with E-state index in [0.29, 0.717) is 31.7 Å². The van der Waals surface area contributed by atoms with E-state index in [1.54, 1.807) is 16.8 Å². The summed E-state index contributed by atoms with van der Waals surface area (Å²) >= 11 is 0. The molecule has 0 saturated carbocycles. The minimum Gasteiger partial charge on any atom is -0.331 e. The molecule has 1 aromatic carbocycles. The van der Waals surface area contributed by atoms with Crippen LogP contribution >= 0.6 is 0 Å². The Bertz CT molecular complexity index is 491. The Morgan fingerprint density at radius 3 is 2.11 bits per heavy atom. The molecule has 5 nitrogen and oxygen atoms in total. The van der Waals surface area contributed by atoms with Gasteiger partial charge < -0.3 is 4.90 Å². The van der Waals surface area contributed by atoms with Crippen LogP contribution in [0.5, 0.6) is 0 Å². The highest BCUT2D eigenvalue weighted by atomic mass is 16.2. The van der Waals surface area contributed by atoms with Crippen LogP contribution in [0.3, 0.4) is 0 Å². The normalized spacial score (nSPS) is 15.2. The lowest BCUT2D eigenvalue weighted by Crippen LogP contribution is -2.51. The first-order valence-corrected chi connectivity index (χ1v) is 6.27. The Balaban J connectivity index is 1.95. The number of amides is 3. The molecule has 0 aromatic heterocycles. The summed E-state index contributed by atoms with van der Waals surface area (Å²) in [5.41, 5.74) is 0.691. The number of carbonyl (C=O) groups excluding carboxylic acids is 2. The van der Waals surface area contributed by atoms with Crippen molar-refractivity contribution < 1.29 is 14.2 Å². The Hall–Kier alpha value is -2.17. The highest BCUT2D eigenvalue weighted by molar-refractivity contribution is 5.94. The summed E-state index contributed by atoms with van der Waals surface area (Å²) in [4.78, 5) is 27.4. The van der Waals surface area contributed by atoms with Crippen LogP contribution in [0.15, 0.2) is 30.3 Å². The van der Waals surface area contributed by atoms with Gasteiger partial charge in [-0.3, -0.25) is 4.79 Å². The summed E-state index contributed by atoms with van der Waals surface area (Å²) in [6, 6.07) is 9.10. The van der Waals surface area contributed by atoms with Gasteiger partial charge in [0.15, 0.2) is 0 Å². The van der Waals surface area contributed by atoms with E-state index in [0.717, 1.165) is 0 Å². The average molecular weight is 260 g/mol. The molecule has 1 aliphatic heterocycles. The molecule has 1 saturated heterocycles. The fourth-order valence-corrected chi connectivity index (χ4v) is 2.11. The maximum absolute atomic E-state index is 12.2. The van der Waals surface area contributed by atoms with E-state index in [1.807, 2.05) is 30.3 Å². The van der Waals surface area contributed by atoms with Gasteiger partial charge in [0, 0.05) is 5.56 Å². The van der Waals surface area contributed by atoms with Crippen molar-refractivity contribution in [3.63, 3.8) is 0 Å². The maximum atomic E-state index is 12.2. The maximum Gasteiger partial charge on any atom is 0.492 e. The first-order valence-electron chi connectivity index (χ1n) is 6.27. The molecule has 1 heterocycles. The van der Waals surface area contributed by atoms with Crippen molar-refractivity contribution >= 4 is 18.7 Å². The lowest BCUT2D eigenvalue weighted by molar-refractivity contribution is -0.394. The molecule has 0 aliphatic carbocycles. The van der Waals surface area contributed by atoms with Crippen molar-refractivity contribution in [3.05, 3.63) is 35.9 Å². The zero-order valence-corrected chi connectivity index (χ0v) is 11.1. The highest BCUT2D eigenvalue weighted by Crippen LogP contribution is 2.09. The summed E-state index contributed by atoms with van der Waals surface area (Å²) < 4.78 is 1.31. The zero-order valence-electron chi connectivity index (χ0n) is 11.1. The number of rotatable bonds is 1. The molecule has 3 amide bonds. The Kier molecular flexibility index (Phi) is 3.94. The van der Waals surface area contributed by atoms with E-state index < -0.39 is 0 Å². The second-order valence-corrected chi connectivity index (χ2v) is 4.63. The SMILES string of the molecule is C=[N+](C)C(=O)N1CCN(C(=O)c2ccccc2)CC1. The molecule has 1 aromatic rings. The molecule has 1 aliphatic rings. The van der Waals surface area contributed by atoms with Gasteiger partial charge in [0.1, 0.15) is 13.1 Å². The van der Waals surface area contributed by atoms with E-state index in [2.05, 4.69) is 6.72 Å². The molecule has 1 fully saturated rings. The van der Waals surface area contributed by atoms with E-state index in [9.17, 15) is 9.59 Å². The Morgan fingerprint density at radius 2 is 1.58 bits per heavy atom. The zero-order chi connectivity index (χ0) is 13.8. The summed E-state index contributed by atoms with van der Waals surface area (Å²) in [5, 5.41) is 0. The molecule has 0 bridgehead atoms. The highest BCUT2D eigenvalue weighted by Gasteiger charge is 2.30. The van der Waals surface area contributed by atoms with Crippen LogP contribution in [0, 0.1) is 0 Å². The number of hydrogen-bond donors (Lipinski definition) is 0. The van der Waals surface area contributed by atoms with Crippen LogP contribution in [-0.2, 0) is 0 Å². The van der Waals surface area contributed by atoms with Crippen LogP contribution in [0.1, 0.15) is 10.4 Å². The lowest BCUT2D eigenvalue weighted by Gasteiger charge is -2.30. The number of hydrogen-bond acceptors (Lipinski definition) is 2. The molecule has 100 valence electrons. The third-order valence-corrected chi connectivity index (χ3v) is 3.18. The first-order chi connectivity index (χ1) is 9.09. The second kappa shape index (κ2) is 5.65. The number of nitrogens with zero attached hydrogens (tertiary/aromatic N) is 3. The number of carbonyl (C=O) groups is 2. The molecular weight excluding hydrogens is 242 g/mol. The van der Waals surface area contributed by atoms with Gasteiger partial charge in [-0.05, 0) is 12.1 Å². The van der Waals surface area contributed by atoms with Gasteiger partial charge in [0.25, 0.3) is 5.91 Å². The van der Waals surface area contributed by atoms with Crippen molar-refractivity contribution in [2.75, 3.05) is 33.2 Å². The van der Waals surface area contributed by atoms with Crippen molar-refractivity contribution in [1.82, 2.24) is 9.80 Å². The van der Waals surface area contributed by atoms with Crippen LogP contribution in [0.2, 0.25) is 0 Å². The van der Waals surface area contributed by atoms with Crippen molar-refractivity contribution in [1.29, 1.82) is 0 Å².